The van der Waals surface area contributed by atoms with Crippen LogP contribution in [-0.4, -0.2) is 19.9 Å². The van der Waals surface area contributed by atoms with Crippen LogP contribution in [0.15, 0.2) is 29.0 Å². The van der Waals surface area contributed by atoms with Crippen LogP contribution in [0.1, 0.15) is 22.8 Å². The SMILES string of the molecule is C=Cc1cc(C)nc(SSc2nc(C)cc(C)n2)n1. The van der Waals surface area contributed by atoms with Gasteiger partial charge in [-0.2, -0.15) is 0 Å². The van der Waals surface area contributed by atoms with Crippen molar-refractivity contribution in [3.05, 3.63) is 41.5 Å². The van der Waals surface area contributed by atoms with E-state index < -0.39 is 0 Å². The second kappa shape index (κ2) is 6.16. The first-order chi connectivity index (χ1) is 9.06. The van der Waals surface area contributed by atoms with Gasteiger partial charge in [-0.05, 0) is 60.6 Å². The fraction of sp³-hybridized carbons (Fsp3) is 0.231. The van der Waals surface area contributed by atoms with Crippen LogP contribution in [0.25, 0.3) is 6.08 Å². The van der Waals surface area contributed by atoms with Gasteiger partial charge < -0.3 is 0 Å². The number of hydrogen-bond acceptors (Lipinski definition) is 6. The van der Waals surface area contributed by atoms with E-state index in [2.05, 4.69) is 26.5 Å². The van der Waals surface area contributed by atoms with Crippen LogP contribution in [0.5, 0.6) is 0 Å². The summed E-state index contributed by atoms with van der Waals surface area (Å²) in [7, 11) is 2.92. The minimum atomic E-state index is 0.697. The van der Waals surface area contributed by atoms with E-state index in [-0.39, 0.29) is 0 Å². The van der Waals surface area contributed by atoms with E-state index in [1.54, 1.807) is 6.08 Å². The molecule has 0 fully saturated rings. The average molecular weight is 290 g/mol. The molecule has 0 aromatic carbocycles. The lowest BCUT2D eigenvalue weighted by Crippen LogP contribution is -1.93. The molecule has 0 aliphatic rings. The largest absolute Gasteiger partial charge is 0.227 e. The third-order valence-corrected chi connectivity index (χ3v) is 4.11. The monoisotopic (exact) mass is 290 g/mol. The molecule has 4 nitrogen and oxygen atoms in total. The van der Waals surface area contributed by atoms with E-state index in [1.165, 1.54) is 21.6 Å². The quantitative estimate of drug-likeness (QED) is 0.633. The molecule has 0 amide bonds. The van der Waals surface area contributed by atoms with E-state index >= 15 is 0 Å². The molecule has 0 radical (unpaired) electrons. The minimum Gasteiger partial charge on any atom is -0.227 e. The number of hydrogen-bond donors (Lipinski definition) is 0. The van der Waals surface area contributed by atoms with Crippen molar-refractivity contribution in [2.75, 3.05) is 0 Å². The van der Waals surface area contributed by atoms with Gasteiger partial charge in [-0.3, -0.25) is 0 Å². The third kappa shape index (κ3) is 4.04. The smallest absolute Gasteiger partial charge is 0.199 e. The molecular formula is C13H14N4S2. The average Bonchev–Trinajstić information content (AvgIpc) is 2.34. The molecule has 0 N–H and O–H groups in total. The Labute approximate surface area is 120 Å². The molecule has 2 heterocycles. The van der Waals surface area contributed by atoms with Crippen LogP contribution in [-0.2, 0) is 0 Å². The summed E-state index contributed by atoms with van der Waals surface area (Å²) >= 11 is 0. The van der Waals surface area contributed by atoms with Crippen LogP contribution >= 0.6 is 21.6 Å². The van der Waals surface area contributed by atoms with Gasteiger partial charge in [0.15, 0.2) is 10.3 Å². The molecule has 2 aromatic rings. The topological polar surface area (TPSA) is 51.6 Å². The normalized spacial score (nSPS) is 10.5. The van der Waals surface area contributed by atoms with Gasteiger partial charge in [-0.25, -0.2) is 19.9 Å². The van der Waals surface area contributed by atoms with Crippen LogP contribution < -0.4 is 0 Å². The Kier molecular flexibility index (Phi) is 4.55. The predicted octanol–water partition coefficient (Wildman–Crippen LogP) is 3.63. The molecule has 6 heteroatoms. The highest BCUT2D eigenvalue weighted by molar-refractivity contribution is 8.76. The third-order valence-electron chi connectivity index (χ3n) is 2.22. The number of aromatic nitrogens is 4. The van der Waals surface area contributed by atoms with Crippen LogP contribution in [0, 0.1) is 20.8 Å². The summed E-state index contributed by atoms with van der Waals surface area (Å²) in [5.41, 5.74) is 3.69. The fourth-order valence-electron chi connectivity index (χ4n) is 1.51. The Morgan fingerprint density at radius 2 is 1.32 bits per heavy atom. The van der Waals surface area contributed by atoms with Crippen molar-refractivity contribution in [1.29, 1.82) is 0 Å². The molecule has 0 aliphatic carbocycles. The molecule has 2 aromatic heterocycles. The standard InChI is InChI=1S/C13H14N4S2/c1-5-11-7-10(4)16-13(17-11)19-18-12-14-8(2)6-9(3)15-12/h5-7H,1H2,2-4H3. The first-order valence-electron chi connectivity index (χ1n) is 5.72. The Balaban J connectivity index is 2.13. The highest BCUT2D eigenvalue weighted by Gasteiger charge is 2.06. The van der Waals surface area contributed by atoms with Gasteiger partial charge in [-0.15, -0.1) is 0 Å². The number of aryl methyl sites for hydroxylation is 3. The van der Waals surface area contributed by atoms with Crippen molar-refractivity contribution < 1.29 is 0 Å². The zero-order valence-electron chi connectivity index (χ0n) is 11.0. The molecule has 19 heavy (non-hydrogen) atoms. The van der Waals surface area contributed by atoms with Crippen molar-refractivity contribution in [3.63, 3.8) is 0 Å². The molecule has 0 bridgehead atoms. The van der Waals surface area contributed by atoms with Gasteiger partial charge in [0.1, 0.15) is 0 Å². The van der Waals surface area contributed by atoms with E-state index in [1.807, 2.05) is 32.9 Å². The van der Waals surface area contributed by atoms with E-state index in [0.29, 0.717) is 5.16 Å². The fourth-order valence-corrected chi connectivity index (χ4v) is 3.24. The highest BCUT2D eigenvalue weighted by Crippen LogP contribution is 2.33. The zero-order valence-corrected chi connectivity index (χ0v) is 12.7. The Morgan fingerprint density at radius 3 is 1.84 bits per heavy atom. The maximum absolute atomic E-state index is 4.37. The molecule has 98 valence electrons. The minimum absolute atomic E-state index is 0.697. The predicted molar refractivity (Wildman–Crippen MR) is 80.1 cm³/mol. The van der Waals surface area contributed by atoms with E-state index in [4.69, 9.17) is 0 Å². The van der Waals surface area contributed by atoms with Gasteiger partial charge in [0.2, 0.25) is 0 Å². The lowest BCUT2D eigenvalue weighted by Gasteiger charge is -2.03. The molecule has 0 unspecified atom stereocenters. The summed E-state index contributed by atoms with van der Waals surface area (Å²) in [6.45, 7) is 9.59. The van der Waals surface area contributed by atoms with Crippen molar-refractivity contribution in [2.45, 2.75) is 31.1 Å². The van der Waals surface area contributed by atoms with Crippen LogP contribution in [0.4, 0.5) is 0 Å². The van der Waals surface area contributed by atoms with Gasteiger partial charge in [0.05, 0.1) is 5.69 Å². The van der Waals surface area contributed by atoms with Crippen LogP contribution in [0.3, 0.4) is 0 Å². The molecule has 2 rings (SSSR count). The van der Waals surface area contributed by atoms with Gasteiger partial charge >= 0.3 is 0 Å². The Morgan fingerprint density at radius 1 is 0.842 bits per heavy atom. The lowest BCUT2D eigenvalue weighted by atomic mass is 10.3. The van der Waals surface area contributed by atoms with E-state index in [9.17, 15) is 0 Å². The summed E-state index contributed by atoms with van der Waals surface area (Å²) in [5, 5.41) is 1.43. The van der Waals surface area contributed by atoms with Crippen molar-refractivity contribution in [2.24, 2.45) is 0 Å². The molecule has 0 spiro atoms. The van der Waals surface area contributed by atoms with Crippen molar-refractivity contribution in [3.8, 4) is 0 Å². The highest BCUT2D eigenvalue weighted by atomic mass is 33.1. The van der Waals surface area contributed by atoms with Gasteiger partial charge in [0.25, 0.3) is 0 Å². The summed E-state index contributed by atoms with van der Waals surface area (Å²) < 4.78 is 0. The number of nitrogens with zero attached hydrogens (tertiary/aromatic N) is 4. The molecular weight excluding hydrogens is 276 g/mol. The summed E-state index contributed by atoms with van der Waals surface area (Å²) in [5.74, 6) is 0. The Bertz CT molecular complexity index is 593. The van der Waals surface area contributed by atoms with Gasteiger partial charge in [0, 0.05) is 17.1 Å². The molecule has 0 atom stereocenters. The van der Waals surface area contributed by atoms with Crippen molar-refractivity contribution >= 4 is 27.7 Å². The zero-order chi connectivity index (χ0) is 13.8. The Hall–Kier alpha value is -1.40. The molecule has 0 saturated carbocycles. The lowest BCUT2D eigenvalue weighted by molar-refractivity contribution is 0.905. The summed E-state index contributed by atoms with van der Waals surface area (Å²) in [6.07, 6.45) is 1.72. The maximum Gasteiger partial charge on any atom is 0.199 e. The van der Waals surface area contributed by atoms with Crippen LogP contribution in [0.2, 0.25) is 0 Å². The number of rotatable bonds is 4. The first kappa shape index (κ1) is 14.0. The molecule has 0 saturated heterocycles. The van der Waals surface area contributed by atoms with E-state index in [0.717, 1.165) is 27.9 Å². The maximum atomic E-state index is 4.37. The van der Waals surface area contributed by atoms with Crippen molar-refractivity contribution in [1.82, 2.24) is 19.9 Å². The molecule has 0 aliphatic heterocycles. The summed E-state index contributed by atoms with van der Waals surface area (Å²) in [4.78, 5) is 17.5. The second-order valence-electron chi connectivity index (χ2n) is 4.02. The van der Waals surface area contributed by atoms with Gasteiger partial charge in [-0.1, -0.05) is 6.58 Å². The first-order valence-corrected chi connectivity index (χ1v) is 7.87. The summed E-state index contributed by atoms with van der Waals surface area (Å²) in [6, 6.07) is 3.85. The second-order valence-corrected chi connectivity index (χ2v) is 6.08.